The van der Waals surface area contributed by atoms with Crippen molar-refractivity contribution in [3.63, 3.8) is 0 Å². The molecule has 0 spiro atoms. The molecule has 2 fully saturated rings. The first kappa shape index (κ1) is 15.3. The van der Waals surface area contributed by atoms with Crippen molar-refractivity contribution in [2.45, 2.75) is 57.9 Å². The first-order valence-corrected chi connectivity index (χ1v) is 7.91. The van der Waals surface area contributed by atoms with Crippen LogP contribution in [0.5, 0.6) is 0 Å². The Morgan fingerprint density at radius 1 is 1.35 bits per heavy atom. The average molecular weight is 281 g/mol. The van der Waals surface area contributed by atoms with E-state index in [2.05, 4.69) is 15.4 Å². The Kier molecular flexibility index (Phi) is 5.83. The third-order valence-electron chi connectivity index (χ3n) is 4.50. The highest BCUT2D eigenvalue weighted by molar-refractivity contribution is 5.87. The average Bonchev–Trinajstić information content (AvgIpc) is 2.67. The van der Waals surface area contributed by atoms with Crippen LogP contribution >= 0.6 is 0 Å². The number of hydrogen-bond donors (Lipinski definition) is 2. The zero-order valence-corrected chi connectivity index (χ0v) is 12.5. The molecule has 1 atom stereocenters. The van der Waals surface area contributed by atoms with E-state index in [1.165, 1.54) is 25.7 Å². The van der Waals surface area contributed by atoms with Crippen LogP contribution in [0.1, 0.15) is 51.9 Å². The smallest absolute Gasteiger partial charge is 0.234 e. The zero-order valence-electron chi connectivity index (χ0n) is 12.5. The molecule has 0 aromatic heterocycles. The van der Waals surface area contributed by atoms with Crippen molar-refractivity contribution < 1.29 is 10.0 Å². The fourth-order valence-corrected chi connectivity index (χ4v) is 3.30. The van der Waals surface area contributed by atoms with Gasteiger partial charge in [0.2, 0.25) is 5.91 Å². The Bertz CT molecular complexity index is 349. The fraction of sp³-hybridized carbons (Fsp3) is 0.867. The van der Waals surface area contributed by atoms with Gasteiger partial charge in [0.1, 0.15) is 0 Å². The molecule has 2 aliphatic rings. The van der Waals surface area contributed by atoms with Crippen molar-refractivity contribution in [2.75, 3.05) is 19.6 Å². The van der Waals surface area contributed by atoms with Crippen molar-refractivity contribution in [3.8, 4) is 0 Å². The Labute approximate surface area is 121 Å². The zero-order chi connectivity index (χ0) is 14.4. The molecule has 1 heterocycles. The quantitative estimate of drug-likeness (QED) is 0.472. The Balaban J connectivity index is 1.74. The van der Waals surface area contributed by atoms with Gasteiger partial charge in [-0.05, 0) is 12.8 Å². The highest BCUT2D eigenvalue weighted by Crippen LogP contribution is 2.17. The van der Waals surface area contributed by atoms with Gasteiger partial charge in [-0.1, -0.05) is 37.8 Å². The van der Waals surface area contributed by atoms with E-state index < -0.39 is 0 Å². The van der Waals surface area contributed by atoms with Gasteiger partial charge in [0.15, 0.2) is 0 Å². The fourth-order valence-electron chi connectivity index (χ4n) is 3.30. The summed E-state index contributed by atoms with van der Waals surface area (Å²) in [6.45, 7) is 4.13. The van der Waals surface area contributed by atoms with Crippen LogP contribution in [0, 0.1) is 5.92 Å². The monoisotopic (exact) mass is 281 g/mol. The van der Waals surface area contributed by atoms with Crippen LogP contribution in [0.3, 0.4) is 0 Å². The minimum absolute atomic E-state index is 0.147. The summed E-state index contributed by atoms with van der Waals surface area (Å²) in [5.74, 6) is 0.382. The number of carbonyl (C=O) groups excluding carboxylic acids is 1. The molecular formula is C15H27N3O2. The van der Waals surface area contributed by atoms with E-state index in [4.69, 9.17) is 5.21 Å². The summed E-state index contributed by atoms with van der Waals surface area (Å²) >= 11 is 0. The molecule has 5 heteroatoms. The molecule has 0 bridgehead atoms. The minimum Gasteiger partial charge on any atom is -0.411 e. The van der Waals surface area contributed by atoms with E-state index in [1.807, 2.05) is 6.92 Å². The van der Waals surface area contributed by atoms with Crippen LogP contribution in [-0.4, -0.2) is 47.4 Å². The van der Waals surface area contributed by atoms with Crippen LogP contribution in [0.2, 0.25) is 0 Å². The second-order valence-corrected chi connectivity index (χ2v) is 6.23. The lowest BCUT2D eigenvalue weighted by atomic mass is 9.97. The summed E-state index contributed by atoms with van der Waals surface area (Å²) in [4.78, 5) is 14.3. The number of hydrogen-bond acceptors (Lipinski definition) is 4. The number of nitrogens with one attached hydrogen (secondary N) is 1. The Morgan fingerprint density at radius 2 is 2.05 bits per heavy atom. The van der Waals surface area contributed by atoms with Gasteiger partial charge < -0.3 is 10.5 Å². The van der Waals surface area contributed by atoms with Gasteiger partial charge in [0, 0.05) is 31.5 Å². The largest absolute Gasteiger partial charge is 0.411 e. The summed E-state index contributed by atoms with van der Waals surface area (Å²) in [7, 11) is 0. The lowest BCUT2D eigenvalue weighted by molar-refractivity contribution is -0.123. The maximum atomic E-state index is 12.1. The number of amides is 1. The van der Waals surface area contributed by atoms with Gasteiger partial charge in [-0.15, -0.1) is 0 Å². The number of carbonyl (C=O) groups is 1. The van der Waals surface area contributed by atoms with Crippen molar-refractivity contribution in [1.29, 1.82) is 0 Å². The number of piperidine rings is 1. The number of nitrogens with zero attached hydrogens (tertiary/aromatic N) is 2. The lowest BCUT2D eigenvalue weighted by Gasteiger charge is -2.31. The van der Waals surface area contributed by atoms with E-state index in [0.29, 0.717) is 12.6 Å². The summed E-state index contributed by atoms with van der Waals surface area (Å²) < 4.78 is 0. The number of likely N-dealkylation sites (tertiary alicyclic amines) is 1. The van der Waals surface area contributed by atoms with Crippen LogP contribution in [0.15, 0.2) is 5.16 Å². The molecule has 2 N–H and O–H groups in total. The number of rotatable bonds is 3. The van der Waals surface area contributed by atoms with Crippen molar-refractivity contribution in [1.82, 2.24) is 10.2 Å². The summed E-state index contributed by atoms with van der Waals surface area (Å²) in [5.41, 5.74) is 0.852. The molecule has 1 saturated heterocycles. The maximum Gasteiger partial charge on any atom is 0.234 e. The van der Waals surface area contributed by atoms with Gasteiger partial charge in [-0.3, -0.25) is 9.69 Å². The van der Waals surface area contributed by atoms with Gasteiger partial charge >= 0.3 is 0 Å². The molecule has 1 aliphatic carbocycles. The van der Waals surface area contributed by atoms with Gasteiger partial charge in [0.05, 0.1) is 12.3 Å². The standard InChI is InChI=1S/C15H27N3O2/c1-12-10-18(9-8-14(12)17-20)11-15(19)16-13-6-4-2-3-5-7-13/h12-13,20H,2-11H2,1H3,(H,16,19). The van der Waals surface area contributed by atoms with E-state index in [9.17, 15) is 4.79 Å². The SMILES string of the molecule is CC1CN(CC(=O)NC2CCCCCC2)CCC1=NO. The molecule has 0 radical (unpaired) electrons. The van der Waals surface area contributed by atoms with Gasteiger partial charge in [-0.2, -0.15) is 0 Å². The van der Waals surface area contributed by atoms with E-state index >= 15 is 0 Å². The van der Waals surface area contributed by atoms with E-state index in [0.717, 1.165) is 38.1 Å². The molecule has 1 amide bonds. The molecule has 0 aromatic rings. The number of oxime groups is 1. The molecule has 114 valence electrons. The second-order valence-electron chi connectivity index (χ2n) is 6.23. The third kappa shape index (κ3) is 4.47. The first-order valence-electron chi connectivity index (χ1n) is 7.91. The normalized spacial score (nSPS) is 28.2. The van der Waals surface area contributed by atoms with Crippen LogP contribution in [-0.2, 0) is 4.79 Å². The summed E-state index contributed by atoms with van der Waals surface area (Å²) in [6, 6.07) is 0.377. The maximum absolute atomic E-state index is 12.1. The minimum atomic E-state index is 0.147. The van der Waals surface area contributed by atoms with Crippen LogP contribution in [0.25, 0.3) is 0 Å². The van der Waals surface area contributed by atoms with E-state index in [-0.39, 0.29) is 11.8 Å². The Morgan fingerprint density at radius 3 is 2.65 bits per heavy atom. The predicted octanol–water partition coefficient (Wildman–Crippen LogP) is 2.00. The highest BCUT2D eigenvalue weighted by Gasteiger charge is 2.24. The van der Waals surface area contributed by atoms with Crippen LogP contribution in [0.4, 0.5) is 0 Å². The van der Waals surface area contributed by atoms with Gasteiger partial charge in [-0.25, -0.2) is 0 Å². The lowest BCUT2D eigenvalue weighted by Crippen LogP contribution is -2.46. The van der Waals surface area contributed by atoms with Crippen molar-refractivity contribution in [3.05, 3.63) is 0 Å². The van der Waals surface area contributed by atoms with Gasteiger partial charge in [0.25, 0.3) is 0 Å². The first-order chi connectivity index (χ1) is 9.69. The topological polar surface area (TPSA) is 64.9 Å². The van der Waals surface area contributed by atoms with Crippen LogP contribution < -0.4 is 5.32 Å². The summed E-state index contributed by atoms with van der Waals surface area (Å²) in [6.07, 6.45) is 8.10. The third-order valence-corrected chi connectivity index (χ3v) is 4.50. The molecule has 1 saturated carbocycles. The second kappa shape index (κ2) is 7.62. The predicted molar refractivity (Wildman–Crippen MR) is 79.1 cm³/mol. The van der Waals surface area contributed by atoms with Crippen molar-refractivity contribution in [2.24, 2.45) is 11.1 Å². The van der Waals surface area contributed by atoms with E-state index in [1.54, 1.807) is 0 Å². The molecular weight excluding hydrogens is 254 g/mol. The molecule has 20 heavy (non-hydrogen) atoms. The Hall–Kier alpha value is -1.10. The van der Waals surface area contributed by atoms with Crippen molar-refractivity contribution >= 4 is 11.6 Å². The highest BCUT2D eigenvalue weighted by atomic mass is 16.4. The molecule has 5 nitrogen and oxygen atoms in total. The molecule has 2 rings (SSSR count). The molecule has 1 unspecified atom stereocenters. The molecule has 0 aromatic carbocycles. The molecule has 1 aliphatic heterocycles. The summed E-state index contributed by atoms with van der Waals surface area (Å²) in [5, 5.41) is 15.4.